The van der Waals surface area contributed by atoms with Crippen LogP contribution in [-0.2, 0) is 10.0 Å². The van der Waals surface area contributed by atoms with Crippen LogP contribution in [0.4, 0.5) is 5.69 Å². The molecule has 1 atom stereocenters. The zero-order chi connectivity index (χ0) is 21.7. The lowest BCUT2D eigenvalue weighted by atomic mass is 10.0. The Kier molecular flexibility index (Phi) is 6.57. The molecule has 0 saturated heterocycles. The zero-order valence-electron chi connectivity index (χ0n) is 17.3. The van der Waals surface area contributed by atoms with Crippen LogP contribution in [0.25, 0.3) is 0 Å². The number of benzene rings is 3. The number of hydrogen-bond acceptors (Lipinski definition) is 3. The number of aryl methyl sites for hydroxylation is 2. The monoisotopic (exact) mass is 422 g/mol. The number of amides is 1. The van der Waals surface area contributed by atoms with Gasteiger partial charge in [-0.2, -0.15) is 0 Å². The molecule has 5 nitrogen and oxygen atoms in total. The predicted octanol–water partition coefficient (Wildman–Crippen LogP) is 4.99. The Hall–Kier alpha value is -3.12. The molecular formula is C24H26N2O3S. The van der Waals surface area contributed by atoms with Crippen LogP contribution < -0.4 is 10.0 Å². The van der Waals surface area contributed by atoms with Crippen molar-refractivity contribution in [3.8, 4) is 0 Å². The maximum Gasteiger partial charge on any atom is 0.261 e. The van der Waals surface area contributed by atoms with Crippen LogP contribution in [0.3, 0.4) is 0 Å². The molecule has 3 aromatic carbocycles. The maximum absolute atomic E-state index is 13.0. The quantitative estimate of drug-likeness (QED) is 0.563. The molecule has 0 unspecified atom stereocenters. The van der Waals surface area contributed by atoms with E-state index in [4.69, 9.17) is 0 Å². The highest BCUT2D eigenvalue weighted by molar-refractivity contribution is 7.92. The van der Waals surface area contributed by atoms with Crippen LogP contribution in [0.5, 0.6) is 0 Å². The highest BCUT2D eigenvalue weighted by Crippen LogP contribution is 2.23. The van der Waals surface area contributed by atoms with Gasteiger partial charge >= 0.3 is 0 Å². The molecular weight excluding hydrogens is 396 g/mol. The number of rotatable bonds is 7. The van der Waals surface area contributed by atoms with Crippen molar-refractivity contribution in [2.45, 2.75) is 38.1 Å². The molecule has 0 saturated carbocycles. The van der Waals surface area contributed by atoms with E-state index < -0.39 is 10.0 Å². The molecule has 0 heterocycles. The summed E-state index contributed by atoms with van der Waals surface area (Å²) in [5.74, 6) is -0.329. The van der Waals surface area contributed by atoms with Crippen molar-refractivity contribution in [3.63, 3.8) is 0 Å². The van der Waals surface area contributed by atoms with Gasteiger partial charge in [0.05, 0.1) is 22.2 Å². The van der Waals surface area contributed by atoms with Gasteiger partial charge in [0.25, 0.3) is 15.9 Å². The van der Waals surface area contributed by atoms with Gasteiger partial charge in [0.1, 0.15) is 0 Å². The van der Waals surface area contributed by atoms with Crippen molar-refractivity contribution in [3.05, 3.63) is 95.1 Å². The first-order valence-corrected chi connectivity index (χ1v) is 11.3. The molecule has 0 bridgehead atoms. The van der Waals surface area contributed by atoms with Crippen LogP contribution in [0.1, 0.15) is 46.4 Å². The lowest BCUT2D eigenvalue weighted by molar-refractivity contribution is 0.0936. The largest absolute Gasteiger partial charge is 0.345 e. The minimum absolute atomic E-state index is 0.148. The average Bonchev–Trinajstić information content (AvgIpc) is 2.73. The summed E-state index contributed by atoms with van der Waals surface area (Å²) in [6, 6.07) is 21.0. The highest BCUT2D eigenvalue weighted by atomic mass is 32.2. The van der Waals surface area contributed by atoms with Gasteiger partial charge < -0.3 is 5.32 Å². The zero-order valence-corrected chi connectivity index (χ0v) is 18.2. The molecule has 30 heavy (non-hydrogen) atoms. The van der Waals surface area contributed by atoms with E-state index in [9.17, 15) is 13.2 Å². The molecule has 0 aliphatic rings. The Labute approximate surface area is 178 Å². The first-order valence-electron chi connectivity index (χ1n) is 9.86. The fourth-order valence-corrected chi connectivity index (χ4v) is 4.23. The minimum atomic E-state index is -3.81. The maximum atomic E-state index is 13.0. The lowest BCUT2D eigenvalue weighted by Crippen LogP contribution is -2.29. The Morgan fingerprint density at radius 1 is 0.867 bits per heavy atom. The van der Waals surface area contributed by atoms with Crippen LogP contribution in [0.15, 0.2) is 77.7 Å². The summed E-state index contributed by atoms with van der Waals surface area (Å²) < 4.78 is 28.1. The topological polar surface area (TPSA) is 75.3 Å². The van der Waals surface area contributed by atoms with Crippen molar-refractivity contribution in [2.75, 3.05) is 4.72 Å². The third-order valence-corrected chi connectivity index (χ3v) is 6.32. The molecule has 0 aromatic heterocycles. The van der Waals surface area contributed by atoms with Crippen LogP contribution >= 0.6 is 0 Å². The van der Waals surface area contributed by atoms with Gasteiger partial charge in [-0.05, 0) is 50.1 Å². The Morgan fingerprint density at radius 3 is 2.03 bits per heavy atom. The molecule has 0 radical (unpaired) electrons. The number of carbonyl (C=O) groups excluding carboxylic acids is 1. The van der Waals surface area contributed by atoms with Gasteiger partial charge in [0, 0.05) is 0 Å². The highest BCUT2D eigenvalue weighted by Gasteiger charge is 2.20. The molecule has 3 rings (SSSR count). The van der Waals surface area contributed by atoms with E-state index in [1.54, 1.807) is 48.5 Å². The molecule has 1 amide bonds. The molecule has 2 N–H and O–H groups in total. The van der Waals surface area contributed by atoms with Crippen molar-refractivity contribution in [1.29, 1.82) is 0 Å². The molecule has 3 aromatic rings. The normalized spacial score (nSPS) is 12.2. The number of para-hydroxylation sites is 1. The number of nitrogens with one attached hydrogen (secondary N) is 2. The van der Waals surface area contributed by atoms with E-state index in [0.717, 1.165) is 16.7 Å². The third kappa shape index (κ3) is 5.07. The number of anilines is 1. The Balaban J connectivity index is 1.84. The van der Waals surface area contributed by atoms with Crippen LogP contribution in [0, 0.1) is 13.8 Å². The van der Waals surface area contributed by atoms with E-state index in [0.29, 0.717) is 6.42 Å². The first kappa shape index (κ1) is 21.6. The number of carbonyl (C=O) groups is 1. The molecule has 0 spiro atoms. The second-order valence-corrected chi connectivity index (χ2v) is 8.99. The van der Waals surface area contributed by atoms with Gasteiger partial charge in [0.15, 0.2) is 0 Å². The van der Waals surface area contributed by atoms with Crippen molar-refractivity contribution >= 4 is 21.6 Å². The molecule has 0 aliphatic carbocycles. The van der Waals surface area contributed by atoms with Crippen LogP contribution in [-0.4, -0.2) is 14.3 Å². The number of sulfonamides is 1. The summed E-state index contributed by atoms with van der Waals surface area (Å²) in [6.45, 7) is 5.90. The Morgan fingerprint density at radius 2 is 1.43 bits per heavy atom. The summed E-state index contributed by atoms with van der Waals surface area (Å²) in [4.78, 5) is 13.1. The van der Waals surface area contributed by atoms with Crippen molar-refractivity contribution in [1.82, 2.24) is 5.32 Å². The molecule has 156 valence electrons. The second-order valence-electron chi connectivity index (χ2n) is 7.31. The fraction of sp³-hybridized carbons (Fsp3) is 0.208. The summed E-state index contributed by atoms with van der Waals surface area (Å²) in [6.07, 6.45) is 0.714. The van der Waals surface area contributed by atoms with Crippen LogP contribution in [0.2, 0.25) is 0 Å². The van der Waals surface area contributed by atoms with Crippen molar-refractivity contribution < 1.29 is 13.2 Å². The summed E-state index contributed by atoms with van der Waals surface area (Å²) >= 11 is 0. The van der Waals surface area contributed by atoms with E-state index in [1.807, 2.05) is 45.0 Å². The first-order chi connectivity index (χ1) is 14.3. The summed E-state index contributed by atoms with van der Waals surface area (Å²) in [5.41, 5.74) is 3.65. The molecule has 0 fully saturated rings. The fourth-order valence-electron chi connectivity index (χ4n) is 3.15. The van der Waals surface area contributed by atoms with Gasteiger partial charge in [0.2, 0.25) is 0 Å². The minimum Gasteiger partial charge on any atom is -0.345 e. The van der Waals surface area contributed by atoms with E-state index >= 15 is 0 Å². The van der Waals surface area contributed by atoms with Gasteiger partial charge in [-0.15, -0.1) is 0 Å². The summed E-state index contributed by atoms with van der Waals surface area (Å²) in [5, 5.41) is 3.02. The van der Waals surface area contributed by atoms with Gasteiger partial charge in [-0.1, -0.05) is 66.6 Å². The van der Waals surface area contributed by atoms with E-state index in [1.165, 1.54) is 0 Å². The molecule has 0 aliphatic heterocycles. The predicted molar refractivity (Wildman–Crippen MR) is 120 cm³/mol. The Bertz CT molecular complexity index is 1120. The number of hydrogen-bond donors (Lipinski definition) is 2. The average molecular weight is 423 g/mol. The SMILES string of the molecule is CC[C@H](NC(=O)c1ccccc1NS(=O)(=O)c1ccc(C)cc1)c1ccc(C)cc1. The van der Waals surface area contributed by atoms with E-state index in [-0.39, 0.29) is 28.1 Å². The van der Waals surface area contributed by atoms with Crippen molar-refractivity contribution in [2.24, 2.45) is 0 Å². The standard InChI is InChI=1S/C24H26N2O3S/c1-4-22(19-13-9-17(2)10-14-19)25-24(27)21-7-5-6-8-23(21)26-30(28,29)20-15-11-18(3)12-16-20/h5-16,22,26H,4H2,1-3H3,(H,25,27)/t22-/m0/s1. The molecule has 6 heteroatoms. The smallest absolute Gasteiger partial charge is 0.261 e. The second kappa shape index (κ2) is 9.13. The van der Waals surface area contributed by atoms with E-state index in [2.05, 4.69) is 10.0 Å². The summed E-state index contributed by atoms with van der Waals surface area (Å²) in [7, 11) is -3.81. The van der Waals surface area contributed by atoms with Gasteiger partial charge in [-0.3, -0.25) is 9.52 Å². The third-order valence-electron chi connectivity index (χ3n) is 4.94. The lowest BCUT2D eigenvalue weighted by Gasteiger charge is -2.19. The van der Waals surface area contributed by atoms with Gasteiger partial charge in [-0.25, -0.2) is 8.42 Å².